The molecule has 0 aliphatic carbocycles. The number of benzene rings is 1. The molecule has 0 aromatic heterocycles. The Hall–Kier alpha value is -2.17. The molecule has 1 aromatic rings. The van der Waals surface area contributed by atoms with Crippen LogP contribution in [0, 0.1) is 6.92 Å². The van der Waals surface area contributed by atoms with Crippen molar-refractivity contribution in [1.29, 1.82) is 0 Å². The molecule has 0 unspecified atom stereocenters. The van der Waals surface area contributed by atoms with Gasteiger partial charge >= 0.3 is 17.8 Å². The van der Waals surface area contributed by atoms with Crippen LogP contribution in [0.5, 0.6) is 0 Å². The second kappa shape index (κ2) is 3.77. The van der Waals surface area contributed by atoms with Crippen molar-refractivity contribution in [2.45, 2.75) is 13.5 Å². The molecule has 1 fully saturated rings. The highest BCUT2D eigenvalue weighted by Crippen LogP contribution is 2.10. The first-order valence-electron chi connectivity index (χ1n) is 4.80. The SMILES string of the molecule is Cc1cccc(CN2C(=O)NC(=O)C2=O)c1. The van der Waals surface area contributed by atoms with E-state index in [1.165, 1.54) is 0 Å². The summed E-state index contributed by atoms with van der Waals surface area (Å²) in [5.74, 6) is -1.66. The van der Waals surface area contributed by atoms with Gasteiger partial charge in [0.1, 0.15) is 0 Å². The van der Waals surface area contributed by atoms with Crippen molar-refractivity contribution in [2.24, 2.45) is 0 Å². The molecule has 82 valence electrons. The van der Waals surface area contributed by atoms with Crippen LogP contribution in [0.25, 0.3) is 0 Å². The highest BCUT2D eigenvalue weighted by atomic mass is 16.2. The second-order valence-corrected chi connectivity index (χ2v) is 3.64. The van der Waals surface area contributed by atoms with Gasteiger partial charge in [0.25, 0.3) is 0 Å². The summed E-state index contributed by atoms with van der Waals surface area (Å²) < 4.78 is 0. The molecule has 0 spiro atoms. The van der Waals surface area contributed by atoms with Crippen molar-refractivity contribution < 1.29 is 14.4 Å². The number of urea groups is 1. The largest absolute Gasteiger partial charge is 0.331 e. The highest BCUT2D eigenvalue weighted by Gasteiger charge is 2.36. The van der Waals surface area contributed by atoms with Gasteiger partial charge < -0.3 is 0 Å². The standard InChI is InChI=1S/C11H10N2O3/c1-7-3-2-4-8(5-7)6-13-10(15)9(14)12-11(13)16/h2-5H,6H2,1H3,(H,12,14,16). The molecule has 0 bridgehead atoms. The molecule has 1 aliphatic heterocycles. The van der Waals surface area contributed by atoms with Crippen molar-refractivity contribution >= 4 is 17.8 Å². The van der Waals surface area contributed by atoms with E-state index in [1.54, 1.807) is 6.07 Å². The first kappa shape index (κ1) is 10.4. The normalized spacial score (nSPS) is 15.6. The summed E-state index contributed by atoms with van der Waals surface area (Å²) in [5, 5.41) is 1.95. The number of carbonyl (C=O) groups excluding carboxylic acids is 3. The maximum absolute atomic E-state index is 11.3. The fourth-order valence-electron chi connectivity index (χ4n) is 1.57. The molecular formula is C11H10N2O3. The maximum atomic E-state index is 11.3. The average molecular weight is 218 g/mol. The minimum absolute atomic E-state index is 0.123. The molecule has 1 heterocycles. The molecule has 0 saturated carbocycles. The number of rotatable bonds is 2. The molecule has 1 aliphatic rings. The van der Waals surface area contributed by atoms with Crippen LogP contribution < -0.4 is 5.32 Å². The van der Waals surface area contributed by atoms with Gasteiger partial charge in [-0.3, -0.25) is 19.8 Å². The molecule has 2 rings (SSSR count). The van der Waals surface area contributed by atoms with Gasteiger partial charge in [-0.05, 0) is 12.5 Å². The van der Waals surface area contributed by atoms with Crippen LogP contribution in [0.1, 0.15) is 11.1 Å². The van der Waals surface area contributed by atoms with Crippen LogP contribution in [0.2, 0.25) is 0 Å². The highest BCUT2D eigenvalue weighted by molar-refractivity contribution is 6.44. The Morgan fingerprint density at radius 3 is 2.56 bits per heavy atom. The number of carbonyl (C=O) groups is 3. The molecule has 0 radical (unpaired) electrons. The predicted octanol–water partition coefficient (Wildman–Crippen LogP) is 0.573. The molecule has 1 saturated heterocycles. The Bertz CT molecular complexity index is 482. The summed E-state index contributed by atoms with van der Waals surface area (Å²) in [4.78, 5) is 34.4. The molecule has 5 nitrogen and oxygen atoms in total. The zero-order valence-corrected chi connectivity index (χ0v) is 8.69. The first-order valence-corrected chi connectivity index (χ1v) is 4.80. The van der Waals surface area contributed by atoms with E-state index in [9.17, 15) is 14.4 Å². The lowest BCUT2D eigenvalue weighted by Gasteiger charge is -2.11. The summed E-state index contributed by atoms with van der Waals surface area (Å²) >= 11 is 0. The zero-order valence-electron chi connectivity index (χ0n) is 8.69. The first-order chi connectivity index (χ1) is 7.58. The van der Waals surface area contributed by atoms with Gasteiger partial charge in [-0.2, -0.15) is 0 Å². The van der Waals surface area contributed by atoms with E-state index in [4.69, 9.17) is 0 Å². The number of nitrogens with zero attached hydrogens (tertiary/aromatic N) is 1. The summed E-state index contributed by atoms with van der Waals surface area (Å²) in [7, 11) is 0. The van der Waals surface area contributed by atoms with Crippen LogP contribution in [0.3, 0.4) is 0 Å². The summed E-state index contributed by atoms with van der Waals surface area (Å²) in [5.41, 5.74) is 1.86. The number of imide groups is 2. The van der Waals surface area contributed by atoms with Gasteiger partial charge in [0.05, 0.1) is 6.54 Å². The van der Waals surface area contributed by atoms with E-state index in [0.29, 0.717) is 0 Å². The van der Waals surface area contributed by atoms with Crippen LogP contribution >= 0.6 is 0 Å². The van der Waals surface area contributed by atoms with Crippen molar-refractivity contribution in [3.63, 3.8) is 0 Å². The van der Waals surface area contributed by atoms with E-state index < -0.39 is 17.8 Å². The minimum atomic E-state index is -0.863. The fraction of sp³-hybridized carbons (Fsp3) is 0.182. The van der Waals surface area contributed by atoms with Crippen molar-refractivity contribution in [1.82, 2.24) is 10.2 Å². The van der Waals surface area contributed by atoms with Crippen molar-refractivity contribution in [3.8, 4) is 0 Å². The smallest absolute Gasteiger partial charge is 0.269 e. The summed E-state index contributed by atoms with van der Waals surface area (Å²) in [6.45, 7) is 2.04. The fourth-order valence-corrected chi connectivity index (χ4v) is 1.57. The summed E-state index contributed by atoms with van der Waals surface area (Å²) in [6, 6.07) is 6.77. The molecule has 0 atom stereocenters. The van der Waals surface area contributed by atoms with Gasteiger partial charge in [-0.1, -0.05) is 29.8 Å². The Morgan fingerprint density at radius 2 is 2.00 bits per heavy atom. The Morgan fingerprint density at radius 1 is 1.25 bits per heavy atom. The molecular weight excluding hydrogens is 208 g/mol. The predicted molar refractivity (Wildman–Crippen MR) is 55.3 cm³/mol. The van der Waals surface area contributed by atoms with Crippen LogP contribution in [0.4, 0.5) is 4.79 Å². The van der Waals surface area contributed by atoms with Gasteiger partial charge in [0, 0.05) is 0 Å². The lowest BCUT2D eigenvalue weighted by atomic mass is 10.1. The van der Waals surface area contributed by atoms with E-state index in [0.717, 1.165) is 16.0 Å². The lowest BCUT2D eigenvalue weighted by Crippen LogP contribution is -2.30. The molecule has 5 heteroatoms. The summed E-state index contributed by atoms with van der Waals surface area (Å²) in [6.07, 6.45) is 0. The van der Waals surface area contributed by atoms with Crippen LogP contribution in [-0.2, 0) is 16.1 Å². The van der Waals surface area contributed by atoms with Gasteiger partial charge in [0.15, 0.2) is 0 Å². The molecule has 16 heavy (non-hydrogen) atoms. The zero-order chi connectivity index (χ0) is 11.7. The Balaban J connectivity index is 2.19. The third-order valence-corrected chi connectivity index (χ3v) is 2.33. The monoisotopic (exact) mass is 218 g/mol. The number of hydrogen-bond donors (Lipinski definition) is 1. The minimum Gasteiger partial charge on any atom is -0.269 e. The average Bonchev–Trinajstić information content (AvgIpc) is 2.45. The van der Waals surface area contributed by atoms with Crippen LogP contribution in [-0.4, -0.2) is 22.7 Å². The number of aryl methyl sites for hydroxylation is 1. The molecule has 4 amide bonds. The van der Waals surface area contributed by atoms with E-state index in [2.05, 4.69) is 0 Å². The third kappa shape index (κ3) is 1.79. The lowest BCUT2D eigenvalue weighted by molar-refractivity contribution is -0.140. The van der Waals surface area contributed by atoms with Crippen LogP contribution in [0.15, 0.2) is 24.3 Å². The molecule has 1 aromatic carbocycles. The Labute approximate surface area is 92.0 Å². The Kier molecular flexibility index (Phi) is 2.44. The van der Waals surface area contributed by atoms with E-state index in [-0.39, 0.29) is 6.54 Å². The van der Waals surface area contributed by atoms with Crippen molar-refractivity contribution in [3.05, 3.63) is 35.4 Å². The number of hydrogen-bond acceptors (Lipinski definition) is 3. The van der Waals surface area contributed by atoms with Gasteiger partial charge in [-0.15, -0.1) is 0 Å². The van der Waals surface area contributed by atoms with E-state index in [1.807, 2.05) is 30.4 Å². The van der Waals surface area contributed by atoms with Gasteiger partial charge in [0.2, 0.25) is 0 Å². The second-order valence-electron chi connectivity index (χ2n) is 3.64. The number of nitrogens with one attached hydrogen (secondary N) is 1. The van der Waals surface area contributed by atoms with E-state index >= 15 is 0 Å². The van der Waals surface area contributed by atoms with Gasteiger partial charge in [-0.25, -0.2) is 4.79 Å². The van der Waals surface area contributed by atoms with Crippen molar-refractivity contribution in [2.75, 3.05) is 0 Å². The maximum Gasteiger partial charge on any atom is 0.331 e. The molecule has 1 N–H and O–H groups in total. The quantitative estimate of drug-likeness (QED) is 0.583. The topological polar surface area (TPSA) is 66.5 Å². The number of amides is 4. The third-order valence-electron chi connectivity index (χ3n) is 2.33.